The van der Waals surface area contributed by atoms with Gasteiger partial charge in [0.05, 0.1) is 11.6 Å². The molecule has 2 rings (SSSR count). The second-order valence-corrected chi connectivity index (χ2v) is 4.32. The van der Waals surface area contributed by atoms with Gasteiger partial charge in [0.2, 0.25) is 0 Å². The number of nitrogens with zero attached hydrogens (tertiary/aromatic N) is 1. The Morgan fingerprint density at radius 3 is 2.47 bits per heavy atom. The van der Waals surface area contributed by atoms with Crippen molar-refractivity contribution in [1.29, 1.82) is 5.26 Å². The standard InChI is InChI=1S/C13H13NO.C2H6/c1-9-4-5-10(8-14)11-6-7-13(2,3)15-12(9)11;1-2/h4-7H,1-3H3;1-2H3. The molecule has 2 nitrogen and oxygen atoms in total. The van der Waals surface area contributed by atoms with E-state index >= 15 is 0 Å². The van der Waals surface area contributed by atoms with Gasteiger partial charge in [-0.2, -0.15) is 5.26 Å². The van der Waals surface area contributed by atoms with Crippen molar-refractivity contribution in [3.05, 3.63) is 34.9 Å². The molecule has 0 spiro atoms. The molecule has 17 heavy (non-hydrogen) atoms. The van der Waals surface area contributed by atoms with E-state index in [1.54, 1.807) is 0 Å². The molecule has 1 aromatic rings. The average molecular weight is 229 g/mol. The van der Waals surface area contributed by atoms with Crippen molar-refractivity contribution in [2.24, 2.45) is 0 Å². The lowest BCUT2D eigenvalue weighted by Gasteiger charge is -2.29. The van der Waals surface area contributed by atoms with Crippen LogP contribution in [0.5, 0.6) is 5.75 Å². The van der Waals surface area contributed by atoms with Crippen LogP contribution < -0.4 is 4.74 Å². The summed E-state index contributed by atoms with van der Waals surface area (Å²) in [6, 6.07) is 5.94. The predicted molar refractivity (Wildman–Crippen MR) is 71.0 cm³/mol. The molecule has 0 unspecified atom stereocenters. The van der Waals surface area contributed by atoms with Crippen LogP contribution in [0, 0.1) is 18.3 Å². The van der Waals surface area contributed by atoms with Gasteiger partial charge in [0.25, 0.3) is 0 Å². The Morgan fingerprint density at radius 2 is 1.88 bits per heavy atom. The molecule has 1 aliphatic heterocycles. The maximum Gasteiger partial charge on any atom is 0.132 e. The van der Waals surface area contributed by atoms with Crippen LogP contribution in [0.15, 0.2) is 18.2 Å². The SMILES string of the molecule is CC.Cc1ccc(C#N)c2c1OC(C)(C)C=C2. The topological polar surface area (TPSA) is 33.0 Å². The highest BCUT2D eigenvalue weighted by atomic mass is 16.5. The number of aryl methyl sites for hydroxylation is 1. The van der Waals surface area contributed by atoms with E-state index in [-0.39, 0.29) is 5.60 Å². The molecule has 90 valence electrons. The van der Waals surface area contributed by atoms with E-state index in [1.807, 2.05) is 58.9 Å². The quantitative estimate of drug-likeness (QED) is 0.671. The van der Waals surface area contributed by atoms with Gasteiger partial charge < -0.3 is 4.74 Å². The Balaban J connectivity index is 0.000000686. The first-order valence-corrected chi connectivity index (χ1v) is 5.95. The zero-order valence-corrected chi connectivity index (χ0v) is 11.2. The van der Waals surface area contributed by atoms with Crippen LogP contribution in [0.1, 0.15) is 44.4 Å². The smallest absolute Gasteiger partial charge is 0.132 e. The van der Waals surface area contributed by atoms with E-state index in [0.29, 0.717) is 5.56 Å². The van der Waals surface area contributed by atoms with E-state index in [9.17, 15) is 0 Å². The third kappa shape index (κ3) is 2.68. The molecule has 1 aliphatic rings. The van der Waals surface area contributed by atoms with E-state index in [0.717, 1.165) is 16.9 Å². The summed E-state index contributed by atoms with van der Waals surface area (Å²) in [6.07, 6.45) is 3.96. The van der Waals surface area contributed by atoms with E-state index in [2.05, 4.69) is 6.07 Å². The van der Waals surface area contributed by atoms with Crippen molar-refractivity contribution in [3.8, 4) is 11.8 Å². The average Bonchev–Trinajstić information content (AvgIpc) is 2.32. The Hall–Kier alpha value is -1.75. The molecule has 0 N–H and O–H groups in total. The Morgan fingerprint density at radius 1 is 1.24 bits per heavy atom. The summed E-state index contributed by atoms with van der Waals surface area (Å²) in [4.78, 5) is 0. The summed E-state index contributed by atoms with van der Waals surface area (Å²) >= 11 is 0. The fraction of sp³-hybridized carbons (Fsp3) is 0.400. The van der Waals surface area contributed by atoms with Gasteiger partial charge in [-0.1, -0.05) is 19.9 Å². The zero-order valence-electron chi connectivity index (χ0n) is 11.2. The summed E-state index contributed by atoms with van der Waals surface area (Å²) in [5, 5.41) is 8.98. The van der Waals surface area contributed by atoms with E-state index in [1.165, 1.54) is 0 Å². The fourth-order valence-corrected chi connectivity index (χ4v) is 1.69. The van der Waals surface area contributed by atoms with Crippen LogP contribution in [0.3, 0.4) is 0 Å². The minimum Gasteiger partial charge on any atom is -0.483 e. The van der Waals surface area contributed by atoms with Gasteiger partial charge in [-0.3, -0.25) is 0 Å². The molecule has 0 fully saturated rings. The number of nitriles is 1. The third-order valence-corrected chi connectivity index (χ3v) is 2.53. The molecule has 0 saturated heterocycles. The summed E-state index contributed by atoms with van der Waals surface area (Å²) in [6.45, 7) is 10.0. The Labute approximate surface area is 104 Å². The number of hydrogen-bond donors (Lipinski definition) is 0. The van der Waals surface area contributed by atoms with Crippen molar-refractivity contribution < 1.29 is 4.74 Å². The molecule has 0 atom stereocenters. The second-order valence-electron chi connectivity index (χ2n) is 4.32. The first-order chi connectivity index (χ1) is 8.03. The third-order valence-electron chi connectivity index (χ3n) is 2.53. The molecule has 0 aliphatic carbocycles. The largest absolute Gasteiger partial charge is 0.483 e. The summed E-state index contributed by atoms with van der Waals surface area (Å²) in [5.74, 6) is 0.835. The summed E-state index contributed by atoms with van der Waals surface area (Å²) < 4.78 is 5.85. The molecule has 1 aromatic carbocycles. The first-order valence-electron chi connectivity index (χ1n) is 5.95. The second kappa shape index (κ2) is 5.05. The highest BCUT2D eigenvalue weighted by Crippen LogP contribution is 2.35. The van der Waals surface area contributed by atoms with Gasteiger partial charge in [-0.25, -0.2) is 0 Å². The molecule has 0 bridgehead atoms. The van der Waals surface area contributed by atoms with Crippen LogP contribution in [-0.4, -0.2) is 5.60 Å². The molecular formula is C15H19NO. The molecule has 2 heteroatoms. The minimum absolute atomic E-state index is 0.286. The van der Waals surface area contributed by atoms with Crippen molar-refractivity contribution in [2.75, 3.05) is 0 Å². The zero-order chi connectivity index (χ0) is 13.1. The number of hydrogen-bond acceptors (Lipinski definition) is 2. The van der Waals surface area contributed by atoms with Gasteiger partial charge in [0.15, 0.2) is 0 Å². The normalized spacial score (nSPS) is 14.8. The number of benzene rings is 1. The highest BCUT2D eigenvalue weighted by Gasteiger charge is 2.24. The lowest BCUT2D eigenvalue weighted by Crippen LogP contribution is -2.28. The van der Waals surface area contributed by atoms with Crippen molar-refractivity contribution in [3.63, 3.8) is 0 Å². The summed E-state index contributed by atoms with van der Waals surface area (Å²) in [7, 11) is 0. The molecular weight excluding hydrogens is 210 g/mol. The predicted octanol–water partition coefficient (Wildman–Crippen LogP) is 4.08. The minimum atomic E-state index is -0.286. The van der Waals surface area contributed by atoms with Crippen LogP contribution in [0.4, 0.5) is 0 Å². The lowest BCUT2D eigenvalue weighted by atomic mass is 9.97. The van der Waals surface area contributed by atoms with Crippen molar-refractivity contribution in [1.82, 2.24) is 0 Å². The maximum atomic E-state index is 8.98. The van der Waals surface area contributed by atoms with E-state index in [4.69, 9.17) is 10.00 Å². The maximum absolute atomic E-state index is 8.98. The Bertz CT molecular complexity index is 478. The van der Waals surface area contributed by atoms with Gasteiger partial charge >= 0.3 is 0 Å². The highest BCUT2D eigenvalue weighted by molar-refractivity contribution is 5.69. The molecule has 0 aromatic heterocycles. The number of rotatable bonds is 0. The van der Waals surface area contributed by atoms with Gasteiger partial charge in [0.1, 0.15) is 11.4 Å². The van der Waals surface area contributed by atoms with Crippen LogP contribution in [-0.2, 0) is 0 Å². The molecule has 0 saturated carbocycles. The van der Waals surface area contributed by atoms with Crippen molar-refractivity contribution >= 4 is 6.08 Å². The molecule has 1 heterocycles. The van der Waals surface area contributed by atoms with Crippen LogP contribution >= 0.6 is 0 Å². The van der Waals surface area contributed by atoms with Crippen LogP contribution in [0.25, 0.3) is 6.08 Å². The molecule has 0 amide bonds. The van der Waals surface area contributed by atoms with Gasteiger partial charge in [0, 0.05) is 5.56 Å². The van der Waals surface area contributed by atoms with Crippen molar-refractivity contribution in [2.45, 2.75) is 40.2 Å². The molecule has 0 radical (unpaired) electrons. The Kier molecular flexibility index (Phi) is 3.96. The first kappa shape index (κ1) is 13.3. The summed E-state index contributed by atoms with van der Waals surface area (Å²) in [5.41, 5.74) is 2.35. The lowest BCUT2D eigenvalue weighted by molar-refractivity contribution is 0.157. The van der Waals surface area contributed by atoms with E-state index < -0.39 is 0 Å². The number of fused-ring (bicyclic) bond motifs is 1. The number of ether oxygens (including phenoxy) is 1. The van der Waals surface area contributed by atoms with Gasteiger partial charge in [-0.15, -0.1) is 0 Å². The monoisotopic (exact) mass is 229 g/mol. The fourth-order valence-electron chi connectivity index (χ4n) is 1.69. The van der Waals surface area contributed by atoms with Crippen LogP contribution in [0.2, 0.25) is 0 Å². The van der Waals surface area contributed by atoms with Gasteiger partial charge in [-0.05, 0) is 44.6 Å².